The van der Waals surface area contributed by atoms with Gasteiger partial charge in [-0.1, -0.05) is 0 Å². The second kappa shape index (κ2) is 5.84. The Hall–Kier alpha value is -0.880. The quantitative estimate of drug-likeness (QED) is 0.439. The first-order valence-electron chi connectivity index (χ1n) is 5.77. The molecule has 4 unspecified atom stereocenters. The molecule has 14 heteroatoms. The Morgan fingerprint density at radius 1 is 0.542 bits per heavy atom. The molecule has 0 aromatic heterocycles. The molecule has 1 aliphatic rings. The van der Waals surface area contributed by atoms with Crippen LogP contribution in [-0.2, 0) is 4.79 Å². The molecular weight excluding hydrogens is 400 g/mol. The molecule has 1 saturated carbocycles. The van der Waals surface area contributed by atoms with E-state index in [4.69, 9.17) is 0 Å². The van der Waals surface area contributed by atoms with Crippen LogP contribution in [0.1, 0.15) is 0 Å². The van der Waals surface area contributed by atoms with Crippen LogP contribution in [0.15, 0.2) is 0 Å². The lowest BCUT2D eigenvalue weighted by Gasteiger charge is -2.31. The highest BCUT2D eigenvalue weighted by Gasteiger charge is 2.78. The second-order valence-corrected chi connectivity index (χ2v) is 5.47. The summed E-state index contributed by atoms with van der Waals surface area (Å²) >= 11 is 4.54. The zero-order valence-corrected chi connectivity index (χ0v) is 11.5. The van der Waals surface area contributed by atoms with E-state index in [1.165, 1.54) is 0 Å². The van der Waals surface area contributed by atoms with Gasteiger partial charge in [-0.2, -0.15) is 52.7 Å². The van der Waals surface area contributed by atoms with E-state index in [0.29, 0.717) is 0 Å². The van der Waals surface area contributed by atoms with Crippen LogP contribution in [0.2, 0.25) is 0 Å². The average Bonchev–Trinajstić information content (AvgIpc) is 2.61. The van der Waals surface area contributed by atoms with E-state index in [2.05, 4.69) is 11.6 Å². The van der Waals surface area contributed by atoms with E-state index in [0.717, 1.165) is 0 Å². The Labute approximate surface area is 129 Å². The molecule has 0 aromatic rings. The fourth-order valence-electron chi connectivity index (χ4n) is 3.03. The van der Waals surface area contributed by atoms with Crippen molar-refractivity contribution in [2.45, 2.75) is 24.7 Å². The van der Waals surface area contributed by atoms with Gasteiger partial charge in [0.05, 0.1) is 29.6 Å². The number of alkyl halides is 12. The van der Waals surface area contributed by atoms with Crippen LogP contribution in [0, 0.1) is 29.6 Å². The summed E-state index contributed by atoms with van der Waals surface area (Å²) in [5.41, 5.74) is 0. The largest absolute Gasteiger partial charge is 0.393 e. The highest BCUT2D eigenvalue weighted by atomic mass is 35.5. The molecule has 0 aromatic carbocycles. The Morgan fingerprint density at radius 3 is 0.875 bits per heavy atom. The van der Waals surface area contributed by atoms with Crippen molar-refractivity contribution in [2.75, 3.05) is 0 Å². The first-order valence-corrected chi connectivity index (χ1v) is 6.15. The summed E-state index contributed by atoms with van der Waals surface area (Å²) in [4.78, 5) is 10.9. The Kier molecular flexibility index (Phi) is 5.15. The van der Waals surface area contributed by atoms with Gasteiger partial charge in [0.15, 0.2) is 0 Å². The molecule has 0 bridgehead atoms. The standard InChI is InChI=1S/C10H5ClF12O/c11-6(24)1-2(7(12,13)14)4(9(18,19)20)5(10(21,22)23)3(1)8(15,16)17/h1-5H. The van der Waals surface area contributed by atoms with E-state index in [1.54, 1.807) is 0 Å². The summed E-state index contributed by atoms with van der Waals surface area (Å²) in [5, 5.41) is -2.57. The topological polar surface area (TPSA) is 17.1 Å². The van der Waals surface area contributed by atoms with Crippen molar-refractivity contribution in [3.8, 4) is 0 Å². The molecule has 0 heterocycles. The van der Waals surface area contributed by atoms with Gasteiger partial charge in [-0.3, -0.25) is 4.79 Å². The summed E-state index contributed by atoms with van der Waals surface area (Å²) in [5.74, 6) is -21.3. The van der Waals surface area contributed by atoms with Crippen molar-refractivity contribution in [2.24, 2.45) is 29.6 Å². The maximum Gasteiger partial charge on any atom is 0.393 e. The molecule has 1 nitrogen and oxygen atoms in total. The zero-order valence-electron chi connectivity index (χ0n) is 10.7. The summed E-state index contributed by atoms with van der Waals surface area (Å²) < 4.78 is 154. The molecule has 1 aliphatic carbocycles. The molecule has 4 atom stereocenters. The molecule has 142 valence electrons. The number of hydrogen-bond acceptors (Lipinski definition) is 1. The van der Waals surface area contributed by atoms with Gasteiger partial charge in [0, 0.05) is 0 Å². The average molecular weight is 405 g/mol. The molecule has 24 heavy (non-hydrogen) atoms. The third kappa shape index (κ3) is 3.85. The third-order valence-electron chi connectivity index (χ3n) is 3.71. The van der Waals surface area contributed by atoms with E-state index in [-0.39, 0.29) is 0 Å². The monoisotopic (exact) mass is 404 g/mol. The van der Waals surface area contributed by atoms with Crippen molar-refractivity contribution in [3.05, 3.63) is 0 Å². The molecule has 0 amide bonds. The Morgan fingerprint density at radius 2 is 0.750 bits per heavy atom. The van der Waals surface area contributed by atoms with Gasteiger partial charge in [-0.15, -0.1) is 0 Å². The minimum atomic E-state index is -6.30. The van der Waals surface area contributed by atoms with Crippen LogP contribution in [-0.4, -0.2) is 29.9 Å². The van der Waals surface area contributed by atoms with Gasteiger partial charge in [-0.25, -0.2) is 0 Å². The summed E-state index contributed by atoms with van der Waals surface area (Å²) in [6.45, 7) is 0. The van der Waals surface area contributed by atoms with Crippen LogP contribution in [0.4, 0.5) is 52.7 Å². The van der Waals surface area contributed by atoms with Gasteiger partial charge in [0.25, 0.3) is 0 Å². The van der Waals surface area contributed by atoms with Crippen molar-refractivity contribution < 1.29 is 57.5 Å². The predicted molar refractivity (Wildman–Crippen MR) is 52.5 cm³/mol. The number of carbonyl (C=O) groups excluding carboxylic acids is 1. The zero-order chi connectivity index (χ0) is 19.5. The predicted octanol–water partition coefficient (Wildman–Crippen LogP) is 5.10. The van der Waals surface area contributed by atoms with E-state index in [1.807, 2.05) is 0 Å². The van der Waals surface area contributed by atoms with E-state index >= 15 is 0 Å². The molecule has 0 spiro atoms. The molecule has 0 aliphatic heterocycles. The summed E-state index contributed by atoms with van der Waals surface area (Å²) in [6.07, 6.45) is -24.9. The molecule has 0 saturated heterocycles. The number of halogens is 13. The number of hydrogen-bond donors (Lipinski definition) is 0. The summed E-state index contributed by atoms with van der Waals surface area (Å²) in [7, 11) is 0. The first kappa shape index (κ1) is 21.2. The molecule has 0 N–H and O–H groups in total. The molecule has 1 fully saturated rings. The molecule has 1 rings (SSSR count). The third-order valence-corrected chi connectivity index (χ3v) is 3.96. The fourth-order valence-corrected chi connectivity index (χ4v) is 3.30. The van der Waals surface area contributed by atoms with Crippen molar-refractivity contribution in [1.29, 1.82) is 0 Å². The second-order valence-electron chi connectivity index (χ2n) is 5.10. The van der Waals surface area contributed by atoms with Crippen molar-refractivity contribution >= 4 is 16.8 Å². The SMILES string of the molecule is O=C(Cl)C1C(C(F)(F)F)C(C(F)(F)F)C(C(F)(F)F)C1C(F)(F)F. The van der Waals surface area contributed by atoms with Gasteiger partial charge >= 0.3 is 24.7 Å². The van der Waals surface area contributed by atoms with Crippen LogP contribution in [0.3, 0.4) is 0 Å². The maximum atomic E-state index is 12.8. The van der Waals surface area contributed by atoms with Gasteiger partial charge < -0.3 is 0 Å². The van der Waals surface area contributed by atoms with Crippen molar-refractivity contribution in [3.63, 3.8) is 0 Å². The normalized spacial score (nSPS) is 33.0. The van der Waals surface area contributed by atoms with Crippen LogP contribution < -0.4 is 0 Å². The Balaban J connectivity index is 3.77. The van der Waals surface area contributed by atoms with Crippen LogP contribution >= 0.6 is 11.6 Å². The van der Waals surface area contributed by atoms with Crippen LogP contribution in [0.25, 0.3) is 0 Å². The highest BCUT2D eigenvalue weighted by Crippen LogP contribution is 2.65. The smallest absolute Gasteiger partial charge is 0.281 e. The van der Waals surface area contributed by atoms with E-state index < -0.39 is 59.5 Å². The highest BCUT2D eigenvalue weighted by molar-refractivity contribution is 6.64. The summed E-state index contributed by atoms with van der Waals surface area (Å²) in [6, 6.07) is 0. The van der Waals surface area contributed by atoms with Gasteiger partial charge in [0.2, 0.25) is 5.24 Å². The Bertz CT molecular complexity index is 448. The fraction of sp³-hybridized carbons (Fsp3) is 0.900. The molecule has 0 radical (unpaired) electrons. The van der Waals surface area contributed by atoms with Crippen molar-refractivity contribution in [1.82, 2.24) is 0 Å². The molecular formula is C10H5ClF12O. The van der Waals surface area contributed by atoms with Crippen LogP contribution in [0.5, 0.6) is 0 Å². The maximum absolute atomic E-state index is 12.8. The first-order chi connectivity index (χ1) is 10.3. The van der Waals surface area contributed by atoms with E-state index in [9.17, 15) is 57.5 Å². The lowest BCUT2D eigenvalue weighted by Crippen LogP contribution is -2.45. The number of carbonyl (C=O) groups is 1. The minimum absolute atomic E-state index is 2.57. The van der Waals surface area contributed by atoms with Gasteiger partial charge in [-0.05, 0) is 11.6 Å². The lowest BCUT2D eigenvalue weighted by atomic mass is 9.85. The minimum Gasteiger partial charge on any atom is -0.281 e. The number of rotatable bonds is 1. The van der Waals surface area contributed by atoms with Gasteiger partial charge in [0.1, 0.15) is 0 Å². The lowest BCUT2D eigenvalue weighted by molar-refractivity contribution is -0.298.